The number of aryl methyl sites for hydroxylation is 1. The van der Waals surface area contributed by atoms with E-state index in [4.69, 9.17) is 43.4 Å². The minimum atomic E-state index is -3.15. The number of fused-ring (bicyclic) bond motifs is 1. The number of anilines is 1. The fourth-order valence-electron chi connectivity index (χ4n) is 7.47. The summed E-state index contributed by atoms with van der Waals surface area (Å²) in [6.07, 6.45) is 4.07. The Labute approximate surface area is 297 Å². The fraction of sp³-hybridized carbons (Fsp3) is 0.324. The first-order valence-corrected chi connectivity index (χ1v) is 18.9. The van der Waals surface area contributed by atoms with Gasteiger partial charge in [0.25, 0.3) is 13.9 Å². The summed E-state index contributed by atoms with van der Waals surface area (Å²) in [6.45, 7) is 4.38. The molecular formula is C37H41Cl2N5O4Si. The largest absolute Gasteiger partial charge is 0.495 e. The lowest BCUT2D eigenvalue weighted by Gasteiger charge is -2.42. The van der Waals surface area contributed by atoms with Crippen molar-refractivity contribution in [2.24, 2.45) is 18.7 Å². The Morgan fingerprint density at radius 2 is 1.55 bits per heavy atom. The zero-order valence-electron chi connectivity index (χ0n) is 28.2. The number of nitrogens with one attached hydrogen (secondary N) is 1. The number of pyridine rings is 1. The molecule has 2 heterocycles. The number of ether oxygens (including phenoxy) is 2. The lowest BCUT2D eigenvalue weighted by Crippen LogP contribution is -2.65. The molecule has 256 valence electrons. The summed E-state index contributed by atoms with van der Waals surface area (Å²) in [4.78, 5) is 35.7. The van der Waals surface area contributed by atoms with Crippen LogP contribution in [0.15, 0.2) is 83.8 Å². The first-order valence-electron chi connectivity index (χ1n) is 16.2. The van der Waals surface area contributed by atoms with Gasteiger partial charge < -0.3 is 25.3 Å². The molecule has 3 atom stereocenters. The third-order valence-corrected chi connectivity index (χ3v) is 15.2. The van der Waals surface area contributed by atoms with E-state index < -0.39 is 8.32 Å². The van der Waals surface area contributed by atoms with Crippen molar-refractivity contribution in [2.45, 2.75) is 50.2 Å². The first kappa shape index (κ1) is 34.9. The van der Waals surface area contributed by atoms with Gasteiger partial charge in [-0.25, -0.2) is 4.98 Å². The maximum Gasteiger partial charge on any atom is 0.259 e. The lowest BCUT2D eigenvalue weighted by molar-refractivity contribution is 0.383. The maximum absolute atomic E-state index is 13.7. The van der Waals surface area contributed by atoms with Gasteiger partial charge in [-0.15, -0.1) is 0 Å². The number of rotatable bonds is 10. The smallest absolute Gasteiger partial charge is 0.259 e. The standard InChI is InChI=1S/C37H41Cl2N5O4Si/c1-37(2,49(46,24-12-8-6-9-13-24)25-14-10-7-11-15-25)20-22-16-27(40)28(17-22)42-36-41-21-23-18-26(35(45)44(3)34(23)43-36)31-32(38)29(47-4)19-30(48-5)33(31)39/h6-15,18-19,21-22,27-28,46H,16-17,20,40H2,1-5H3,(H,41,42,43). The topological polar surface area (TPSA) is 125 Å². The zero-order chi connectivity index (χ0) is 35.1. The maximum atomic E-state index is 13.7. The molecule has 0 bridgehead atoms. The third-order valence-electron chi connectivity index (χ3n) is 9.98. The molecule has 1 aliphatic carbocycles. The highest BCUT2D eigenvalue weighted by atomic mass is 35.5. The average Bonchev–Trinajstić information content (AvgIpc) is 3.44. The summed E-state index contributed by atoms with van der Waals surface area (Å²) >= 11 is 13.3. The zero-order valence-corrected chi connectivity index (χ0v) is 30.7. The number of hydrogen-bond acceptors (Lipinski definition) is 8. The Hall–Kier alpha value is -3.93. The predicted octanol–water partition coefficient (Wildman–Crippen LogP) is 5.76. The van der Waals surface area contributed by atoms with Gasteiger partial charge in [0.05, 0.1) is 29.8 Å². The van der Waals surface area contributed by atoms with Crippen LogP contribution < -0.4 is 36.5 Å². The van der Waals surface area contributed by atoms with Crippen molar-refractivity contribution in [3.05, 3.63) is 99.4 Å². The van der Waals surface area contributed by atoms with Gasteiger partial charge in [-0.05, 0) is 46.7 Å². The summed E-state index contributed by atoms with van der Waals surface area (Å²) in [6, 6.07) is 23.2. The molecule has 1 saturated carbocycles. The Kier molecular flexibility index (Phi) is 9.81. The summed E-state index contributed by atoms with van der Waals surface area (Å²) in [5.74, 6) is 1.32. The van der Waals surface area contributed by atoms with E-state index in [0.29, 0.717) is 34.0 Å². The molecule has 3 unspecified atom stereocenters. The predicted molar refractivity (Wildman–Crippen MR) is 200 cm³/mol. The number of nitrogens with two attached hydrogens (primary N) is 1. The van der Waals surface area contributed by atoms with Crippen LogP contribution >= 0.6 is 23.2 Å². The average molecular weight is 719 g/mol. The van der Waals surface area contributed by atoms with Gasteiger partial charge in [0.2, 0.25) is 5.95 Å². The Balaban J connectivity index is 1.26. The van der Waals surface area contributed by atoms with Crippen molar-refractivity contribution in [3.8, 4) is 22.6 Å². The van der Waals surface area contributed by atoms with E-state index in [1.54, 1.807) is 25.4 Å². The molecule has 0 spiro atoms. The van der Waals surface area contributed by atoms with Gasteiger partial charge in [-0.2, -0.15) is 4.98 Å². The summed E-state index contributed by atoms with van der Waals surface area (Å²) in [5.41, 5.74) is 7.40. The fourth-order valence-corrected chi connectivity index (χ4v) is 12.0. The molecule has 0 radical (unpaired) electrons. The number of nitrogens with zero attached hydrogens (tertiary/aromatic N) is 3. The molecule has 0 aliphatic heterocycles. The van der Waals surface area contributed by atoms with Crippen molar-refractivity contribution in [3.63, 3.8) is 0 Å². The van der Waals surface area contributed by atoms with Crippen LogP contribution in [0.4, 0.5) is 5.95 Å². The van der Waals surface area contributed by atoms with Crippen molar-refractivity contribution >= 4 is 58.9 Å². The van der Waals surface area contributed by atoms with Crippen LogP contribution in [-0.4, -0.2) is 54.0 Å². The van der Waals surface area contributed by atoms with E-state index in [0.717, 1.165) is 29.6 Å². The number of halogens is 2. The van der Waals surface area contributed by atoms with Gasteiger partial charge in [0.1, 0.15) is 17.1 Å². The molecule has 9 nitrogen and oxygen atoms in total. The van der Waals surface area contributed by atoms with E-state index in [1.165, 1.54) is 18.8 Å². The SMILES string of the molecule is COc1cc(OC)c(Cl)c(-c2cc3cnc(NC4CC(CC(C)(C)[Si](O)(c5ccccc5)c5ccccc5)CC4N)nc3n(C)c2=O)c1Cl. The Morgan fingerprint density at radius 3 is 2.10 bits per heavy atom. The summed E-state index contributed by atoms with van der Waals surface area (Å²) in [5, 5.41) is 6.08. The molecule has 12 heteroatoms. The second-order valence-electron chi connectivity index (χ2n) is 13.5. The lowest BCUT2D eigenvalue weighted by atomic mass is 9.94. The van der Waals surface area contributed by atoms with E-state index >= 15 is 0 Å². The molecule has 4 N–H and O–H groups in total. The van der Waals surface area contributed by atoms with Crippen LogP contribution in [0, 0.1) is 5.92 Å². The van der Waals surface area contributed by atoms with Crippen molar-refractivity contribution in [1.29, 1.82) is 0 Å². The quantitative estimate of drug-likeness (QED) is 0.156. The molecule has 49 heavy (non-hydrogen) atoms. The monoisotopic (exact) mass is 717 g/mol. The highest BCUT2D eigenvalue weighted by Crippen LogP contribution is 2.47. The first-order chi connectivity index (χ1) is 23.4. The highest BCUT2D eigenvalue weighted by molar-refractivity contribution is 6.98. The molecule has 3 aromatic carbocycles. The third kappa shape index (κ3) is 6.32. The van der Waals surface area contributed by atoms with Crippen molar-refractivity contribution in [1.82, 2.24) is 14.5 Å². The van der Waals surface area contributed by atoms with Crippen molar-refractivity contribution < 1.29 is 14.3 Å². The molecule has 2 aromatic heterocycles. The van der Waals surface area contributed by atoms with E-state index in [9.17, 15) is 9.59 Å². The van der Waals surface area contributed by atoms with Crippen LogP contribution in [0.5, 0.6) is 11.5 Å². The van der Waals surface area contributed by atoms with Crippen LogP contribution in [0.1, 0.15) is 33.1 Å². The normalized spacial score (nSPS) is 18.1. The Morgan fingerprint density at radius 1 is 0.980 bits per heavy atom. The number of methoxy groups -OCH3 is 2. The molecule has 0 saturated heterocycles. The highest BCUT2D eigenvalue weighted by Gasteiger charge is 2.51. The van der Waals surface area contributed by atoms with Gasteiger partial charge in [0, 0.05) is 42.3 Å². The van der Waals surface area contributed by atoms with Crippen LogP contribution in [0.3, 0.4) is 0 Å². The number of hydrogen-bond donors (Lipinski definition) is 3. The summed E-state index contributed by atoms with van der Waals surface area (Å²) in [7, 11) is 1.46. The van der Waals surface area contributed by atoms with Crippen LogP contribution in [0.2, 0.25) is 15.1 Å². The Bertz CT molecular complexity index is 1980. The van der Waals surface area contributed by atoms with Gasteiger partial charge in [-0.3, -0.25) is 9.36 Å². The molecule has 6 rings (SSSR count). The molecule has 1 fully saturated rings. The minimum absolute atomic E-state index is 0.0837. The van der Waals surface area contributed by atoms with Crippen LogP contribution in [0.25, 0.3) is 22.2 Å². The molecule has 1 aliphatic rings. The van der Waals surface area contributed by atoms with Gasteiger partial charge in [0.15, 0.2) is 0 Å². The summed E-state index contributed by atoms with van der Waals surface area (Å²) < 4.78 is 12.3. The van der Waals surface area contributed by atoms with Gasteiger partial charge >= 0.3 is 0 Å². The second-order valence-corrected chi connectivity index (χ2v) is 18.1. The second kappa shape index (κ2) is 13.8. The molecular weight excluding hydrogens is 677 g/mol. The number of aromatic nitrogens is 3. The van der Waals surface area contributed by atoms with Crippen molar-refractivity contribution in [2.75, 3.05) is 19.5 Å². The van der Waals surface area contributed by atoms with E-state index in [-0.39, 0.29) is 44.2 Å². The minimum Gasteiger partial charge on any atom is -0.495 e. The number of benzene rings is 3. The van der Waals surface area contributed by atoms with E-state index in [1.807, 2.05) is 36.4 Å². The van der Waals surface area contributed by atoms with E-state index in [2.05, 4.69) is 48.4 Å². The van der Waals surface area contributed by atoms with Crippen LogP contribution in [-0.2, 0) is 7.05 Å². The van der Waals surface area contributed by atoms with Gasteiger partial charge in [-0.1, -0.05) is 97.7 Å². The molecule has 0 amide bonds. The molecule has 5 aromatic rings.